The van der Waals surface area contributed by atoms with Gasteiger partial charge in [-0.15, -0.1) is 12.4 Å². The summed E-state index contributed by atoms with van der Waals surface area (Å²) in [4.78, 5) is 24.3. The molecule has 0 radical (unpaired) electrons. The molecule has 2 rings (SSSR count). The van der Waals surface area contributed by atoms with Gasteiger partial charge in [0.1, 0.15) is 6.04 Å². The van der Waals surface area contributed by atoms with Crippen molar-refractivity contribution in [2.24, 2.45) is 5.92 Å². The lowest BCUT2D eigenvalue weighted by molar-refractivity contribution is -0.123. The molecule has 0 bridgehead atoms. The van der Waals surface area contributed by atoms with Gasteiger partial charge in [-0.2, -0.15) is 0 Å². The molecule has 0 aliphatic carbocycles. The maximum Gasteiger partial charge on any atom is 0.251 e. The molecular weight excluding hydrogens is 337 g/mol. The highest BCUT2D eigenvalue weighted by atomic mass is 35.5. The molecule has 1 aliphatic rings. The van der Waals surface area contributed by atoms with Crippen LogP contribution in [-0.4, -0.2) is 37.0 Å². The molecule has 1 saturated heterocycles. The van der Waals surface area contributed by atoms with Crippen LogP contribution in [0.2, 0.25) is 5.02 Å². The van der Waals surface area contributed by atoms with E-state index in [1.807, 2.05) is 0 Å². The summed E-state index contributed by atoms with van der Waals surface area (Å²) in [6.07, 6.45) is 0.907. The summed E-state index contributed by atoms with van der Waals surface area (Å²) in [5.74, 6) is -0.0457. The Hall–Kier alpha value is -1.30. The van der Waals surface area contributed by atoms with Crippen LogP contribution >= 0.6 is 24.0 Å². The van der Waals surface area contributed by atoms with Crippen molar-refractivity contribution < 1.29 is 9.59 Å². The number of piperidine rings is 1. The average molecular weight is 360 g/mol. The van der Waals surface area contributed by atoms with Gasteiger partial charge in [-0.25, -0.2) is 0 Å². The first-order chi connectivity index (χ1) is 10.5. The van der Waals surface area contributed by atoms with Crippen molar-refractivity contribution in [1.82, 2.24) is 16.0 Å². The van der Waals surface area contributed by atoms with Crippen molar-refractivity contribution in [1.29, 1.82) is 0 Å². The fourth-order valence-electron chi connectivity index (χ4n) is 2.48. The van der Waals surface area contributed by atoms with Crippen LogP contribution in [-0.2, 0) is 4.79 Å². The molecule has 3 unspecified atom stereocenters. The van der Waals surface area contributed by atoms with Crippen molar-refractivity contribution in [3.05, 3.63) is 34.9 Å². The quantitative estimate of drug-likeness (QED) is 0.769. The third kappa shape index (κ3) is 5.68. The Morgan fingerprint density at radius 1 is 1.30 bits per heavy atom. The number of amides is 2. The highest BCUT2D eigenvalue weighted by Crippen LogP contribution is 2.11. The molecule has 2 amide bonds. The Bertz CT molecular complexity index is 537. The molecule has 0 spiro atoms. The molecule has 128 valence electrons. The number of hydrogen-bond acceptors (Lipinski definition) is 3. The zero-order valence-electron chi connectivity index (χ0n) is 13.3. The monoisotopic (exact) mass is 359 g/mol. The second-order valence-electron chi connectivity index (χ2n) is 5.79. The van der Waals surface area contributed by atoms with Gasteiger partial charge in [0.05, 0.1) is 0 Å². The van der Waals surface area contributed by atoms with E-state index in [0.29, 0.717) is 16.5 Å². The largest absolute Gasteiger partial charge is 0.351 e. The zero-order chi connectivity index (χ0) is 16.1. The Morgan fingerprint density at radius 2 is 1.96 bits per heavy atom. The molecule has 1 fully saturated rings. The molecule has 23 heavy (non-hydrogen) atoms. The minimum absolute atomic E-state index is 0. The number of halogens is 2. The summed E-state index contributed by atoms with van der Waals surface area (Å²) >= 11 is 5.79. The second kappa shape index (κ2) is 9.11. The Balaban J connectivity index is 0.00000264. The second-order valence-corrected chi connectivity index (χ2v) is 6.22. The van der Waals surface area contributed by atoms with E-state index in [2.05, 4.69) is 22.9 Å². The van der Waals surface area contributed by atoms with Gasteiger partial charge >= 0.3 is 0 Å². The van der Waals surface area contributed by atoms with Crippen molar-refractivity contribution in [2.75, 3.05) is 13.1 Å². The van der Waals surface area contributed by atoms with Crippen LogP contribution in [0, 0.1) is 5.92 Å². The highest BCUT2D eigenvalue weighted by molar-refractivity contribution is 6.30. The van der Waals surface area contributed by atoms with E-state index in [-0.39, 0.29) is 30.3 Å². The molecule has 0 saturated carbocycles. The number of benzene rings is 1. The molecule has 1 aromatic carbocycles. The van der Waals surface area contributed by atoms with Crippen LogP contribution in [0.25, 0.3) is 0 Å². The number of carbonyl (C=O) groups is 2. The van der Waals surface area contributed by atoms with Crippen molar-refractivity contribution in [3.8, 4) is 0 Å². The first kappa shape index (κ1) is 19.7. The van der Waals surface area contributed by atoms with E-state index in [4.69, 9.17) is 11.6 Å². The lowest BCUT2D eigenvalue weighted by atomic mass is 9.95. The smallest absolute Gasteiger partial charge is 0.251 e. The summed E-state index contributed by atoms with van der Waals surface area (Å²) in [7, 11) is 0. The number of rotatable bonds is 4. The summed E-state index contributed by atoms with van der Waals surface area (Å²) in [5, 5.41) is 9.59. The van der Waals surface area contributed by atoms with Gasteiger partial charge < -0.3 is 16.0 Å². The Labute approximate surface area is 148 Å². The number of nitrogens with one attached hydrogen (secondary N) is 3. The summed E-state index contributed by atoms with van der Waals surface area (Å²) in [6.45, 7) is 5.60. The molecule has 0 aromatic heterocycles. The molecule has 3 atom stereocenters. The van der Waals surface area contributed by atoms with Crippen LogP contribution < -0.4 is 16.0 Å². The number of carbonyl (C=O) groups excluding carboxylic acids is 2. The Morgan fingerprint density at radius 3 is 2.57 bits per heavy atom. The van der Waals surface area contributed by atoms with Crippen LogP contribution in [0.1, 0.15) is 30.6 Å². The van der Waals surface area contributed by atoms with Crippen molar-refractivity contribution >= 4 is 35.8 Å². The maximum atomic E-state index is 12.2. The molecule has 1 heterocycles. The minimum Gasteiger partial charge on any atom is -0.351 e. The van der Waals surface area contributed by atoms with E-state index in [1.54, 1.807) is 31.2 Å². The predicted molar refractivity (Wildman–Crippen MR) is 94.2 cm³/mol. The van der Waals surface area contributed by atoms with Gasteiger partial charge in [-0.05, 0) is 56.6 Å². The minimum atomic E-state index is -0.578. The fourth-order valence-corrected chi connectivity index (χ4v) is 2.61. The van der Waals surface area contributed by atoms with Gasteiger partial charge in [0, 0.05) is 16.6 Å². The van der Waals surface area contributed by atoms with E-state index in [9.17, 15) is 9.59 Å². The van der Waals surface area contributed by atoms with Crippen LogP contribution in [0.4, 0.5) is 0 Å². The molecular formula is C16H23Cl2N3O2. The van der Waals surface area contributed by atoms with E-state index in [0.717, 1.165) is 19.5 Å². The van der Waals surface area contributed by atoms with E-state index < -0.39 is 6.04 Å². The lowest BCUT2D eigenvalue weighted by Gasteiger charge is -2.31. The summed E-state index contributed by atoms with van der Waals surface area (Å²) < 4.78 is 0. The van der Waals surface area contributed by atoms with Gasteiger partial charge in [0.25, 0.3) is 5.91 Å². The van der Waals surface area contributed by atoms with Crippen LogP contribution in [0.3, 0.4) is 0 Å². The lowest BCUT2D eigenvalue weighted by Crippen LogP contribution is -2.53. The summed E-state index contributed by atoms with van der Waals surface area (Å²) in [6, 6.07) is 6.15. The third-order valence-corrected chi connectivity index (χ3v) is 4.21. The van der Waals surface area contributed by atoms with Gasteiger partial charge in [-0.3, -0.25) is 9.59 Å². The normalized spacial score (nSPS) is 21.7. The van der Waals surface area contributed by atoms with E-state index >= 15 is 0 Å². The fraction of sp³-hybridized carbons (Fsp3) is 0.500. The molecule has 1 aliphatic heterocycles. The zero-order valence-corrected chi connectivity index (χ0v) is 14.8. The Kier molecular flexibility index (Phi) is 7.82. The van der Waals surface area contributed by atoms with Crippen LogP contribution in [0.15, 0.2) is 24.3 Å². The maximum absolute atomic E-state index is 12.2. The SMILES string of the molecule is CC(NC(=O)c1ccc(Cl)cc1)C(=O)NC1CCNCC1C.Cl. The van der Waals surface area contributed by atoms with Crippen molar-refractivity contribution in [3.63, 3.8) is 0 Å². The molecule has 7 heteroatoms. The first-order valence-corrected chi connectivity index (χ1v) is 7.92. The van der Waals surface area contributed by atoms with Crippen LogP contribution in [0.5, 0.6) is 0 Å². The van der Waals surface area contributed by atoms with Gasteiger partial charge in [0.15, 0.2) is 0 Å². The third-order valence-electron chi connectivity index (χ3n) is 3.96. The topological polar surface area (TPSA) is 70.2 Å². The summed E-state index contributed by atoms with van der Waals surface area (Å²) in [5.41, 5.74) is 0.485. The van der Waals surface area contributed by atoms with Gasteiger partial charge in [-0.1, -0.05) is 18.5 Å². The van der Waals surface area contributed by atoms with Gasteiger partial charge in [0.2, 0.25) is 5.91 Å². The van der Waals surface area contributed by atoms with E-state index in [1.165, 1.54) is 0 Å². The predicted octanol–water partition coefficient (Wildman–Crippen LogP) is 1.99. The molecule has 5 nitrogen and oxygen atoms in total. The first-order valence-electron chi connectivity index (χ1n) is 7.55. The molecule has 3 N–H and O–H groups in total. The average Bonchev–Trinajstić information content (AvgIpc) is 2.50. The number of hydrogen-bond donors (Lipinski definition) is 3. The van der Waals surface area contributed by atoms with Crippen molar-refractivity contribution in [2.45, 2.75) is 32.4 Å². The molecule has 1 aromatic rings. The highest BCUT2D eigenvalue weighted by Gasteiger charge is 2.25. The standard InChI is InChI=1S/C16H22ClN3O2.ClH/c1-10-9-18-8-7-14(10)20-15(21)11(2)19-16(22)12-3-5-13(17)6-4-12;/h3-6,10-11,14,18H,7-9H2,1-2H3,(H,19,22)(H,20,21);1H.